The van der Waals surface area contributed by atoms with Gasteiger partial charge in [-0.2, -0.15) is 0 Å². The van der Waals surface area contributed by atoms with E-state index in [1.165, 1.54) is 0 Å². The van der Waals surface area contributed by atoms with Gasteiger partial charge in [0.25, 0.3) is 5.91 Å². The number of hydrogen-bond donors (Lipinski definition) is 3. The molecule has 0 aromatic heterocycles. The van der Waals surface area contributed by atoms with Gasteiger partial charge in [-0.05, 0) is 55.8 Å². The fourth-order valence-electron chi connectivity index (χ4n) is 3.31. The average Bonchev–Trinajstić information content (AvgIpc) is 3.15. The Morgan fingerprint density at radius 2 is 1.97 bits per heavy atom. The van der Waals surface area contributed by atoms with E-state index < -0.39 is 12.0 Å². The highest BCUT2D eigenvalue weighted by molar-refractivity contribution is 6.31. The first kappa shape index (κ1) is 23.6. The van der Waals surface area contributed by atoms with Crippen LogP contribution in [0.1, 0.15) is 18.9 Å². The predicted octanol–water partition coefficient (Wildman–Crippen LogP) is 2.52. The summed E-state index contributed by atoms with van der Waals surface area (Å²) in [5.41, 5.74) is 2.16. The van der Waals surface area contributed by atoms with Gasteiger partial charge in [0.1, 0.15) is 5.75 Å². The second kappa shape index (κ2) is 10.5. The summed E-state index contributed by atoms with van der Waals surface area (Å²) in [4.78, 5) is 38.3. The first-order chi connectivity index (χ1) is 15.2. The molecule has 3 rings (SSSR count). The van der Waals surface area contributed by atoms with E-state index >= 15 is 0 Å². The van der Waals surface area contributed by atoms with E-state index in [0.717, 1.165) is 5.56 Å². The second-order valence-corrected chi connectivity index (χ2v) is 8.23. The zero-order valence-corrected chi connectivity index (χ0v) is 18.7. The van der Waals surface area contributed by atoms with Crippen molar-refractivity contribution in [2.24, 2.45) is 5.92 Å². The van der Waals surface area contributed by atoms with Crippen LogP contribution < -0.4 is 20.3 Å². The lowest BCUT2D eigenvalue weighted by molar-refractivity contribution is -0.126. The van der Waals surface area contributed by atoms with Gasteiger partial charge >= 0.3 is 0 Å². The SMILES string of the molecule is Cc1ccc(Cl)cc1NC(=O)COc1ccc(N2C[C@@H](C(=O)NC[C@@H](C)O)CC2=O)cc1. The molecule has 1 heterocycles. The summed E-state index contributed by atoms with van der Waals surface area (Å²) in [6.07, 6.45) is -0.524. The van der Waals surface area contributed by atoms with Crippen LogP contribution in [-0.2, 0) is 14.4 Å². The van der Waals surface area contributed by atoms with Gasteiger partial charge in [-0.1, -0.05) is 17.7 Å². The van der Waals surface area contributed by atoms with Crippen LogP contribution in [0.25, 0.3) is 0 Å². The third kappa shape index (κ3) is 6.21. The van der Waals surface area contributed by atoms with Crippen LogP contribution >= 0.6 is 11.6 Å². The summed E-state index contributed by atoms with van der Waals surface area (Å²) in [7, 11) is 0. The van der Waals surface area contributed by atoms with E-state index in [0.29, 0.717) is 22.1 Å². The molecule has 2 aromatic rings. The molecular formula is C23H26ClN3O5. The lowest BCUT2D eigenvalue weighted by atomic mass is 10.1. The summed E-state index contributed by atoms with van der Waals surface area (Å²) in [6, 6.07) is 12.0. The average molecular weight is 460 g/mol. The fourth-order valence-corrected chi connectivity index (χ4v) is 3.48. The number of amides is 3. The Morgan fingerprint density at radius 3 is 2.66 bits per heavy atom. The molecule has 0 radical (unpaired) electrons. The molecule has 3 amide bonds. The van der Waals surface area contributed by atoms with Crippen LogP contribution in [-0.4, -0.2) is 48.6 Å². The molecule has 1 fully saturated rings. The van der Waals surface area contributed by atoms with E-state index in [2.05, 4.69) is 10.6 Å². The van der Waals surface area contributed by atoms with Crippen molar-refractivity contribution >= 4 is 40.7 Å². The molecule has 9 heteroatoms. The zero-order chi connectivity index (χ0) is 23.3. The summed E-state index contributed by atoms with van der Waals surface area (Å²) in [5.74, 6) is -0.699. The smallest absolute Gasteiger partial charge is 0.262 e. The number of hydrogen-bond acceptors (Lipinski definition) is 5. The van der Waals surface area contributed by atoms with Crippen LogP contribution in [0.3, 0.4) is 0 Å². The van der Waals surface area contributed by atoms with E-state index in [4.69, 9.17) is 16.3 Å². The summed E-state index contributed by atoms with van der Waals surface area (Å²) < 4.78 is 5.53. The molecule has 2 atom stereocenters. The van der Waals surface area contributed by atoms with Crippen molar-refractivity contribution in [2.45, 2.75) is 26.4 Å². The van der Waals surface area contributed by atoms with Gasteiger partial charge in [0.15, 0.2) is 6.61 Å². The Labute approximate surface area is 191 Å². The number of aliphatic hydroxyl groups excluding tert-OH is 1. The number of ether oxygens (including phenoxy) is 1. The first-order valence-electron chi connectivity index (χ1n) is 10.3. The second-order valence-electron chi connectivity index (χ2n) is 7.79. The standard InChI is InChI=1S/C23H26ClN3O5/c1-14-3-4-17(24)10-20(14)26-21(29)13-32-19-7-5-18(6-8-19)27-12-16(9-22(27)30)23(31)25-11-15(2)28/h3-8,10,15-16,28H,9,11-13H2,1-2H3,(H,25,31)(H,26,29)/t15-,16+/m1/s1. The number of benzene rings is 2. The van der Waals surface area contributed by atoms with Crippen molar-refractivity contribution in [3.05, 3.63) is 53.1 Å². The molecule has 8 nitrogen and oxygen atoms in total. The van der Waals surface area contributed by atoms with E-state index in [9.17, 15) is 19.5 Å². The number of nitrogens with zero attached hydrogens (tertiary/aromatic N) is 1. The van der Waals surface area contributed by atoms with Crippen molar-refractivity contribution < 1.29 is 24.2 Å². The molecule has 0 saturated carbocycles. The Balaban J connectivity index is 1.52. The normalized spacial score (nSPS) is 16.6. The van der Waals surface area contributed by atoms with Gasteiger partial charge in [-0.15, -0.1) is 0 Å². The highest BCUT2D eigenvalue weighted by Crippen LogP contribution is 2.27. The largest absolute Gasteiger partial charge is 0.484 e. The fraction of sp³-hybridized carbons (Fsp3) is 0.348. The van der Waals surface area contributed by atoms with Crippen molar-refractivity contribution in [2.75, 3.05) is 29.9 Å². The van der Waals surface area contributed by atoms with Crippen LogP contribution in [0.4, 0.5) is 11.4 Å². The third-order valence-corrected chi connectivity index (χ3v) is 5.29. The minimum atomic E-state index is -0.642. The van der Waals surface area contributed by atoms with Crippen molar-refractivity contribution in [3.63, 3.8) is 0 Å². The molecule has 170 valence electrons. The number of nitrogens with one attached hydrogen (secondary N) is 2. The highest BCUT2D eigenvalue weighted by Gasteiger charge is 2.35. The minimum Gasteiger partial charge on any atom is -0.484 e. The maximum Gasteiger partial charge on any atom is 0.262 e. The highest BCUT2D eigenvalue weighted by atomic mass is 35.5. The molecule has 1 saturated heterocycles. The van der Waals surface area contributed by atoms with Gasteiger partial charge in [0.2, 0.25) is 11.8 Å². The number of rotatable bonds is 8. The third-order valence-electron chi connectivity index (χ3n) is 5.06. The monoisotopic (exact) mass is 459 g/mol. The molecule has 0 unspecified atom stereocenters. The number of carbonyl (C=O) groups is 3. The number of halogens is 1. The van der Waals surface area contributed by atoms with E-state index in [1.54, 1.807) is 48.2 Å². The maximum absolute atomic E-state index is 12.4. The summed E-state index contributed by atoms with van der Waals surface area (Å²) in [6.45, 7) is 3.69. The number of aliphatic hydroxyl groups is 1. The topological polar surface area (TPSA) is 108 Å². The molecule has 2 aromatic carbocycles. The maximum atomic E-state index is 12.4. The first-order valence-corrected chi connectivity index (χ1v) is 10.7. The summed E-state index contributed by atoms with van der Waals surface area (Å²) >= 11 is 5.96. The molecular weight excluding hydrogens is 434 g/mol. The lowest BCUT2D eigenvalue weighted by Gasteiger charge is -2.17. The minimum absolute atomic E-state index is 0.118. The van der Waals surface area contributed by atoms with Crippen LogP contribution in [0.2, 0.25) is 5.02 Å². The molecule has 3 N–H and O–H groups in total. The molecule has 0 aliphatic carbocycles. The van der Waals surface area contributed by atoms with Gasteiger partial charge in [-0.25, -0.2) is 0 Å². The zero-order valence-electron chi connectivity index (χ0n) is 17.9. The number of carbonyl (C=O) groups excluding carboxylic acids is 3. The van der Waals surface area contributed by atoms with Crippen LogP contribution in [0, 0.1) is 12.8 Å². The Morgan fingerprint density at radius 1 is 1.25 bits per heavy atom. The van der Waals surface area contributed by atoms with Gasteiger partial charge in [0.05, 0.1) is 12.0 Å². The Kier molecular flexibility index (Phi) is 7.71. The lowest BCUT2D eigenvalue weighted by Crippen LogP contribution is -2.36. The van der Waals surface area contributed by atoms with Gasteiger partial charge in [0, 0.05) is 35.9 Å². The Bertz CT molecular complexity index is 994. The summed E-state index contributed by atoms with van der Waals surface area (Å²) in [5, 5.41) is 15.2. The van der Waals surface area contributed by atoms with Gasteiger partial charge < -0.3 is 25.4 Å². The Hall–Kier alpha value is -3.10. The van der Waals surface area contributed by atoms with E-state index in [-0.39, 0.29) is 43.8 Å². The molecule has 32 heavy (non-hydrogen) atoms. The quantitative estimate of drug-likeness (QED) is 0.562. The van der Waals surface area contributed by atoms with Crippen molar-refractivity contribution in [1.82, 2.24) is 5.32 Å². The number of aryl methyl sites for hydroxylation is 1. The van der Waals surface area contributed by atoms with Crippen molar-refractivity contribution in [3.8, 4) is 5.75 Å². The van der Waals surface area contributed by atoms with Crippen LogP contribution in [0.5, 0.6) is 5.75 Å². The van der Waals surface area contributed by atoms with Crippen LogP contribution in [0.15, 0.2) is 42.5 Å². The predicted molar refractivity (Wildman–Crippen MR) is 122 cm³/mol. The number of anilines is 2. The van der Waals surface area contributed by atoms with Crippen molar-refractivity contribution in [1.29, 1.82) is 0 Å². The molecule has 1 aliphatic rings. The van der Waals surface area contributed by atoms with Gasteiger partial charge in [-0.3, -0.25) is 14.4 Å². The molecule has 0 bridgehead atoms. The van der Waals surface area contributed by atoms with E-state index in [1.807, 2.05) is 13.0 Å². The molecule has 1 aliphatic heterocycles. The molecule has 0 spiro atoms.